The molecule has 0 spiro atoms. The maximum atomic E-state index is 12.0. The lowest BCUT2D eigenvalue weighted by Gasteiger charge is -2.06. The Balaban J connectivity index is 1.79. The van der Waals surface area contributed by atoms with Crippen molar-refractivity contribution in [2.75, 3.05) is 5.32 Å². The molecule has 0 bridgehead atoms. The third-order valence-corrected chi connectivity index (χ3v) is 3.03. The molecular formula is C15H13N5O3. The van der Waals surface area contributed by atoms with E-state index in [0.717, 1.165) is 10.2 Å². The standard InChI is InChI=1S/C15H13N5O3/c1-10-8-14(23-19-10)17-13(21)9-20-15(22)3-2-12(18-20)11-4-6-16-7-5-11/h2-8H,9H2,1H3,(H,17,21). The average molecular weight is 311 g/mol. The molecule has 1 N–H and O–H groups in total. The van der Waals surface area contributed by atoms with E-state index in [9.17, 15) is 9.59 Å². The number of amides is 1. The molecule has 1 amide bonds. The molecule has 8 heteroatoms. The van der Waals surface area contributed by atoms with Crippen LogP contribution < -0.4 is 10.9 Å². The number of carbonyl (C=O) groups is 1. The Hall–Kier alpha value is -3.29. The molecule has 0 aliphatic heterocycles. The number of pyridine rings is 1. The molecule has 0 aliphatic carbocycles. The summed E-state index contributed by atoms with van der Waals surface area (Å²) in [6.07, 6.45) is 3.26. The van der Waals surface area contributed by atoms with Gasteiger partial charge in [-0.2, -0.15) is 5.10 Å². The Morgan fingerprint density at radius 1 is 1.26 bits per heavy atom. The van der Waals surface area contributed by atoms with Crippen LogP contribution in [0.3, 0.4) is 0 Å². The molecule has 0 saturated carbocycles. The van der Waals surface area contributed by atoms with E-state index in [1.807, 2.05) is 0 Å². The van der Waals surface area contributed by atoms with Crippen molar-refractivity contribution in [2.45, 2.75) is 13.5 Å². The maximum Gasteiger partial charge on any atom is 0.267 e. The Morgan fingerprint density at radius 3 is 2.74 bits per heavy atom. The topological polar surface area (TPSA) is 103 Å². The fourth-order valence-corrected chi connectivity index (χ4v) is 1.97. The smallest absolute Gasteiger partial charge is 0.267 e. The molecule has 3 heterocycles. The highest BCUT2D eigenvalue weighted by Crippen LogP contribution is 2.13. The molecular weight excluding hydrogens is 298 g/mol. The number of nitrogens with one attached hydrogen (secondary N) is 1. The zero-order chi connectivity index (χ0) is 16.2. The van der Waals surface area contributed by atoms with Gasteiger partial charge in [-0.05, 0) is 25.1 Å². The first-order valence-corrected chi connectivity index (χ1v) is 6.83. The number of hydrogen-bond acceptors (Lipinski definition) is 6. The minimum Gasteiger partial charge on any atom is -0.338 e. The Kier molecular flexibility index (Phi) is 3.96. The lowest BCUT2D eigenvalue weighted by atomic mass is 10.2. The third-order valence-electron chi connectivity index (χ3n) is 3.03. The second kappa shape index (κ2) is 6.22. The fourth-order valence-electron chi connectivity index (χ4n) is 1.97. The van der Waals surface area contributed by atoms with Gasteiger partial charge in [-0.1, -0.05) is 5.16 Å². The van der Waals surface area contributed by atoms with Crippen molar-refractivity contribution in [2.24, 2.45) is 0 Å². The van der Waals surface area contributed by atoms with Crippen LogP contribution in [-0.4, -0.2) is 25.8 Å². The molecule has 8 nitrogen and oxygen atoms in total. The third kappa shape index (κ3) is 3.49. The summed E-state index contributed by atoms with van der Waals surface area (Å²) in [5.74, 6) is -0.200. The highest BCUT2D eigenvalue weighted by molar-refractivity contribution is 5.89. The molecule has 0 unspecified atom stereocenters. The monoisotopic (exact) mass is 311 g/mol. The van der Waals surface area contributed by atoms with Crippen molar-refractivity contribution in [3.05, 3.63) is 58.8 Å². The van der Waals surface area contributed by atoms with Gasteiger partial charge in [0.1, 0.15) is 6.54 Å². The van der Waals surface area contributed by atoms with E-state index in [1.54, 1.807) is 43.6 Å². The molecule has 23 heavy (non-hydrogen) atoms. The fraction of sp³-hybridized carbons (Fsp3) is 0.133. The van der Waals surface area contributed by atoms with Gasteiger partial charge in [0, 0.05) is 30.1 Å². The number of carbonyl (C=O) groups excluding carboxylic acids is 1. The first-order chi connectivity index (χ1) is 11.1. The molecule has 0 atom stereocenters. The van der Waals surface area contributed by atoms with Crippen LogP contribution in [0.5, 0.6) is 0 Å². The van der Waals surface area contributed by atoms with Gasteiger partial charge in [0.05, 0.1) is 11.4 Å². The van der Waals surface area contributed by atoms with E-state index >= 15 is 0 Å². The first-order valence-electron chi connectivity index (χ1n) is 6.83. The predicted molar refractivity (Wildman–Crippen MR) is 81.6 cm³/mol. The van der Waals surface area contributed by atoms with Crippen LogP contribution in [0.25, 0.3) is 11.3 Å². The van der Waals surface area contributed by atoms with Crippen LogP contribution in [0, 0.1) is 6.92 Å². The molecule has 0 aliphatic rings. The maximum absolute atomic E-state index is 12.0. The van der Waals surface area contributed by atoms with Crippen molar-refractivity contribution in [3.8, 4) is 11.3 Å². The highest BCUT2D eigenvalue weighted by atomic mass is 16.5. The molecule has 3 rings (SSSR count). The molecule has 0 aromatic carbocycles. The summed E-state index contributed by atoms with van der Waals surface area (Å²) < 4.78 is 5.99. The van der Waals surface area contributed by atoms with Crippen LogP contribution in [0.1, 0.15) is 5.69 Å². The van der Waals surface area contributed by atoms with E-state index in [0.29, 0.717) is 11.4 Å². The largest absolute Gasteiger partial charge is 0.338 e. The molecule has 0 fully saturated rings. The lowest BCUT2D eigenvalue weighted by molar-refractivity contribution is -0.117. The minimum atomic E-state index is -0.428. The van der Waals surface area contributed by atoms with Crippen LogP contribution in [-0.2, 0) is 11.3 Å². The van der Waals surface area contributed by atoms with Crippen molar-refractivity contribution in [3.63, 3.8) is 0 Å². The van der Waals surface area contributed by atoms with E-state index in [2.05, 4.69) is 20.6 Å². The molecule has 3 aromatic heterocycles. The normalized spacial score (nSPS) is 10.5. The lowest BCUT2D eigenvalue weighted by Crippen LogP contribution is -2.29. The van der Waals surface area contributed by atoms with Gasteiger partial charge in [-0.15, -0.1) is 0 Å². The second-order valence-electron chi connectivity index (χ2n) is 4.83. The van der Waals surface area contributed by atoms with Crippen molar-refractivity contribution in [1.29, 1.82) is 0 Å². The summed E-state index contributed by atoms with van der Waals surface area (Å²) in [4.78, 5) is 27.8. The van der Waals surface area contributed by atoms with Gasteiger partial charge in [0.15, 0.2) is 0 Å². The van der Waals surface area contributed by atoms with E-state index < -0.39 is 5.91 Å². The summed E-state index contributed by atoms with van der Waals surface area (Å²) in [5.41, 5.74) is 1.66. The number of nitrogens with zero attached hydrogens (tertiary/aromatic N) is 4. The van der Waals surface area contributed by atoms with E-state index in [1.165, 1.54) is 6.07 Å². The Bertz CT molecular complexity index is 885. The number of rotatable bonds is 4. The SMILES string of the molecule is Cc1cc(NC(=O)Cn2nc(-c3ccncc3)ccc2=O)on1. The van der Waals surface area contributed by atoms with Gasteiger partial charge >= 0.3 is 0 Å². The number of aryl methyl sites for hydroxylation is 1. The first kappa shape index (κ1) is 14.6. The average Bonchev–Trinajstić information content (AvgIpc) is 2.95. The van der Waals surface area contributed by atoms with E-state index in [-0.39, 0.29) is 18.0 Å². The van der Waals surface area contributed by atoms with Crippen LogP contribution in [0.15, 0.2) is 52.0 Å². The summed E-state index contributed by atoms with van der Waals surface area (Å²) in [7, 11) is 0. The highest BCUT2D eigenvalue weighted by Gasteiger charge is 2.10. The Morgan fingerprint density at radius 2 is 2.04 bits per heavy atom. The minimum absolute atomic E-state index is 0.225. The van der Waals surface area contributed by atoms with E-state index in [4.69, 9.17) is 4.52 Å². The Labute approximate surface area is 130 Å². The van der Waals surface area contributed by atoms with Crippen LogP contribution in [0.2, 0.25) is 0 Å². The van der Waals surface area contributed by atoms with Gasteiger partial charge < -0.3 is 4.52 Å². The molecule has 3 aromatic rings. The zero-order valence-electron chi connectivity index (χ0n) is 12.3. The van der Waals surface area contributed by atoms with Gasteiger partial charge in [-0.25, -0.2) is 4.68 Å². The summed E-state index contributed by atoms with van der Waals surface area (Å²) in [5, 5.41) is 10.4. The van der Waals surface area contributed by atoms with Gasteiger partial charge in [0.25, 0.3) is 5.56 Å². The predicted octanol–water partition coefficient (Wildman–Crippen LogP) is 1.24. The van der Waals surface area contributed by atoms with Crippen molar-refractivity contribution >= 4 is 11.8 Å². The quantitative estimate of drug-likeness (QED) is 0.777. The van der Waals surface area contributed by atoms with Crippen molar-refractivity contribution < 1.29 is 9.32 Å². The van der Waals surface area contributed by atoms with Crippen molar-refractivity contribution in [1.82, 2.24) is 19.9 Å². The second-order valence-corrected chi connectivity index (χ2v) is 4.83. The number of aromatic nitrogens is 4. The van der Waals surface area contributed by atoms with Crippen LogP contribution in [0.4, 0.5) is 5.88 Å². The molecule has 116 valence electrons. The summed E-state index contributed by atoms with van der Waals surface area (Å²) in [6, 6.07) is 8.10. The van der Waals surface area contributed by atoms with Crippen LogP contribution >= 0.6 is 0 Å². The van der Waals surface area contributed by atoms with Gasteiger partial charge in [-0.3, -0.25) is 19.9 Å². The number of hydrogen-bond donors (Lipinski definition) is 1. The number of anilines is 1. The summed E-state index contributed by atoms with van der Waals surface area (Å²) >= 11 is 0. The zero-order valence-corrected chi connectivity index (χ0v) is 12.3. The summed E-state index contributed by atoms with van der Waals surface area (Å²) in [6.45, 7) is 1.51. The molecule has 0 saturated heterocycles. The molecule has 0 radical (unpaired) electrons. The van der Waals surface area contributed by atoms with Gasteiger partial charge in [0.2, 0.25) is 11.8 Å².